The minimum absolute atomic E-state index is 0.0617. The fourth-order valence-electron chi connectivity index (χ4n) is 3.85. The van der Waals surface area contributed by atoms with E-state index in [-0.39, 0.29) is 24.5 Å². The van der Waals surface area contributed by atoms with Gasteiger partial charge in [-0.05, 0) is 24.1 Å². The molecule has 2 aliphatic heterocycles. The van der Waals surface area contributed by atoms with Crippen LogP contribution in [0.4, 0.5) is 13.2 Å². The number of H-pyrrole nitrogens is 1. The number of hydrogen-bond acceptors (Lipinski definition) is 5. The summed E-state index contributed by atoms with van der Waals surface area (Å²) in [5.74, 6) is -1.23. The molecule has 1 fully saturated rings. The van der Waals surface area contributed by atoms with E-state index in [4.69, 9.17) is 4.74 Å². The van der Waals surface area contributed by atoms with Gasteiger partial charge in [-0.3, -0.25) is 9.89 Å². The van der Waals surface area contributed by atoms with Crippen LogP contribution in [0.2, 0.25) is 0 Å². The summed E-state index contributed by atoms with van der Waals surface area (Å²) in [6, 6.07) is 5.73. The van der Waals surface area contributed by atoms with Crippen LogP contribution in [0.25, 0.3) is 22.4 Å². The maximum atomic E-state index is 13.0. The number of nitrogens with zero attached hydrogens (tertiary/aromatic N) is 3. The zero-order valence-electron chi connectivity index (χ0n) is 15.7. The van der Waals surface area contributed by atoms with Crippen molar-refractivity contribution in [2.75, 3.05) is 19.7 Å². The number of ether oxygens (including phenoxy) is 1. The molecule has 5 rings (SSSR count). The number of aromatic nitrogens is 3. The summed E-state index contributed by atoms with van der Waals surface area (Å²) in [4.78, 5) is 19.5. The third-order valence-electron chi connectivity index (χ3n) is 5.47. The van der Waals surface area contributed by atoms with Gasteiger partial charge in [0.1, 0.15) is 5.75 Å². The first-order valence-corrected chi connectivity index (χ1v) is 10.3. The Morgan fingerprint density at radius 3 is 2.90 bits per heavy atom. The molecule has 30 heavy (non-hydrogen) atoms. The third kappa shape index (κ3) is 3.34. The van der Waals surface area contributed by atoms with Crippen molar-refractivity contribution in [1.82, 2.24) is 20.1 Å². The molecular weight excluding hydrogens is 417 g/mol. The van der Waals surface area contributed by atoms with Crippen molar-refractivity contribution in [3.05, 3.63) is 40.5 Å². The van der Waals surface area contributed by atoms with E-state index in [1.54, 1.807) is 12.4 Å². The zero-order valence-corrected chi connectivity index (χ0v) is 16.5. The smallest absolute Gasteiger partial charge is 0.393 e. The van der Waals surface area contributed by atoms with Gasteiger partial charge in [-0.25, -0.2) is 4.98 Å². The van der Waals surface area contributed by atoms with Crippen LogP contribution in [-0.4, -0.2) is 51.9 Å². The van der Waals surface area contributed by atoms with Crippen molar-refractivity contribution in [3.63, 3.8) is 0 Å². The molecule has 2 aliphatic rings. The maximum absolute atomic E-state index is 13.0. The van der Waals surface area contributed by atoms with Gasteiger partial charge in [0.15, 0.2) is 5.01 Å². The Labute approximate surface area is 173 Å². The number of carbonyl (C=O) groups is 1. The van der Waals surface area contributed by atoms with Crippen molar-refractivity contribution >= 4 is 17.2 Å². The normalized spacial score (nSPS) is 18.5. The molecule has 1 N–H and O–H groups in total. The molecule has 4 heterocycles. The van der Waals surface area contributed by atoms with E-state index >= 15 is 0 Å². The average Bonchev–Trinajstić information content (AvgIpc) is 3.46. The van der Waals surface area contributed by atoms with E-state index in [9.17, 15) is 18.0 Å². The fraction of sp³-hybridized carbons (Fsp3) is 0.350. The highest BCUT2D eigenvalue weighted by molar-refractivity contribution is 7.14. The first-order valence-electron chi connectivity index (χ1n) is 9.52. The Hall–Kier alpha value is -2.88. The van der Waals surface area contributed by atoms with Crippen molar-refractivity contribution < 1.29 is 22.7 Å². The molecule has 0 aliphatic carbocycles. The highest BCUT2D eigenvalue weighted by Crippen LogP contribution is 2.40. The standard InChI is InChI=1S/C20H17F3N4O2S/c21-20(22,23)13-3-5-27(10-13)19(28)18-26-17-14-2-1-11(12-8-24-25-9-12)7-15(14)29-6-4-16(17)30-18/h1-2,7-9,13H,3-6,10H2,(H,24,25). The predicted molar refractivity (Wildman–Crippen MR) is 104 cm³/mol. The van der Waals surface area contributed by atoms with E-state index in [0.717, 1.165) is 21.6 Å². The number of halogens is 3. The SMILES string of the molecule is O=C(c1nc2c(s1)CCOc1cc(-c3cn[nH]c3)ccc1-2)N1CCC(C(F)(F)F)C1. The van der Waals surface area contributed by atoms with Crippen LogP contribution >= 0.6 is 11.3 Å². The second-order valence-electron chi connectivity index (χ2n) is 7.37. The van der Waals surface area contributed by atoms with Crippen LogP contribution in [0.15, 0.2) is 30.6 Å². The number of rotatable bonds is 2. The molecule has 6 nitrogen and oxygen atoms in total. The second-order valence-corrected chi connectivity index (χ2v) is 8.45. The van der Waals surface area contributed by atoms with Gasteiger partial charge < -0.3 is 9.64 Å². The number of hydrogen-bond donors (Lipinski definition) is 1. The number of nitrogens with one attached hydrogen (secondary N) is 1. The van der Waals surface area contributed by atoms with Crippen molar-refractivity contribution in [3.8, 4) is 28.1 Å². The number of benzene rings is 1. The number of aromatic amines is 1. The van der Waals surface area contributed by atoms with Gasteiger partial charge in [0.05, 0.1) is 24.4 Å². The summed E-state index contributed by atoms with van der Waals surface area (Å²) >= 11 is 1.24. The first-order chi connectivity index (χ1) is 14.4. The van der Waals surface area contributed by atoms with Crippen molar-refractivity contribution in [1.29, 1.82) is 0 Å². The Morgan fingerprint density at radius 2 is 2.17 bits per heavy atom. The summed E-state index contributed by atoms with van der Waals surface area (Å²) in [6.07, 6.45) is -0.255. The molecule has 0 saturated carbocycles. The van der Waals surface area contributed by atoms with E-state index in [1.807, 2.05) is 18.2 Å². The molecule has 0 bridgehead atoms. The number of amides is 1. The van der Waals surface area contributed by atoms with Crippen LogP contribution in [0.5, 0.6) is 5.75 Å². The summed E-state index contributed by atoms with van der Waals surface area (Å²) < 4.78 is 44.8. The number of thiazole rings is 1. The highest BCUT2D eigenvalue weighted by Gasteiger charge is 2.45. The molecule has 2 aromatic heterocycles. The summed E-state index contributed by atoms with van der Waals surface area (Å²) in [6.45, 7) is 0.228. The predicted octanol–water partition coefficient (Wildman–Crippen LogP) is 4.16. The van der Waals surface area contributed by atoms with Crippen LogP contribution in [0, 0.1) is 5.92 Å². The van der Waals surface area contributed by atoms with Gasteiger partial charge in [-0.15, -0.1) is 11.3 Å². The maximum Gasteiger partial charge on any atom is 0.393 e. The van der Waals surface area contributed by atoms with E-state index in [2.05, 4.69) is 15.2 Å². The molecule has 1 aromatic carbocycles. The first kappa shape index (κ1) is 19.1. The molecule has 10 heteroatoms. The second kappa shape index (κ2) is 7.12. The molecule has 1 saturated heterocycles. The monoisotopic (exact) mass is 434 g/mol. The Bertz CT molecular complexity index is 1090. The van der Waals surface area contributed by atoms with Crippen LogP contribution in [0.3, 0.4) is 0 Å². The molecular formula is C20H17F3N4O2S. The minimum Gasteiger partial charge on any atom is -0.492 e. The van der Waals surface area contributed by atoms with Crippen LogP contribution in [-0.2, 0) is 6.42 Å². The molecule has 1 unspecified atom stereocenters. The van der Waals surface area contributed by atoms with Gasteiger partial charge >= 0.3 is 6.18 Å². The summed E-state index contributed by atoms with van der Waals surface area (Å²) in [7, 11) is 0. The van der Waals surface area contributed by atoms with Gasteiger partial charge in [-0.1, -0.05) is 6.07 Å². The largest absolute Gasteiger partial charge is 0.492 e. The quantitative estimate of drug-likeness (QED) is 0.658. The van der Waals surface area contributed by atoms with Gasteiger partial charge in [0, 0.05) is 41.7 Å². The Morgan fingerprint density at radius 1 is 1.30 bits per heavy atom. The highest BCUT2D eigenvalue weighted by atomic mass is 32.1. The zero-order chi connectivity index (χ0) is 20.9. The molecule has 0 radical (unpaired) electrons. The number of fused-ring (bicyclic) bond motifs is 3. The number of carbonyl (C=O) groups excluding carboxylic acids is 1. The van der Waals surface area contributed by atoms with Crippen LogP contribution < -0.4 is 4.74 Å². The van der Waals surface area contributed by atoms with E-state index in [1.165, 1.54) is 16.2 Å². The fourth-order valence-corrected chi connectivity index (χ4v) is 4.87. The lowest BCUT2D eigenvalue weighted by Crippen LogP contribution is -2.31. The van der Waals surface area contributed by atoms with Crippen LogP contribution in [0.1, 0.15) is 21.1 Å². The van der Waals surface area contributed by atoms with E-state index in [0.29, 0.717) is 24.5 Å². The lowest BCUT2D eigenvalue weighted by molar-refractivity contribution is -0.169. The number of likely N-dealkylation sites (tertiary alicyclic amines) is 1. The van der Waals surface area contributed by atoms with Gasteiger partial charge in [-0.2, -0.15) is 18.3 Å². The number of alkyl halides is 3. The summed E-state index contributed by atoms with van der Waals surface area (Å²) in [5, 5.41) is 6.97. The van der Waals surface area contributed by atoms with Crippen molar-refractivity contribution in [2.45, 2.75) is 19.0 Å². The Balaban J connectivity index is 1.44. The molecule has 0 spiro atoms. The third-order valence-corrected chi connectivity index (χ3v) is 6.58. The summed E-state index contributed by atoms with van der Waals surface area (Å²) in [5.41, 5.74) is 3.31. The molecule has 156 valence electrons. The molecule has 1 atom stereocenters. The average molecular weight is 434 g/mol. The Kier molecular flexibility index (Phi) is 4.53. The topological polar surface area (TPSA) is 71.1 Å². The van der Waals surface area contributed by atoms with Gasteiger partial charge in [0.25, 0.3) is 5.91 Å². The molecule has 1 amide bonds. The van der Waals surface area contributed by atoms with Crippen molar-refractivity contribution in [2.24, 2.45) is 5.92 Å². The lowest BCUT2D eigenvalue weighted by atomic mass is 10.0. The van der Waals surface area contributed by atoms with E-state index < -0.39 is 18.0 Å². The lowest BCUT2D eigenvalue weighted by Gasteiger charge is -2.16. The van der Waals surface area contributed by atoms with Gasteiger partial charge in [0.2, 0.25) is 0 Å². The molecule has 3 aromatic rings. The minimum atomic E-state index is -4.28.